The van der Waals surface area contributed by atoms with Crippen molar-refractivity contribution in [2.45, 2.75) is 45.4 Å². The van der Waals surface area contributed by atoms with Gasteiger partial charge in [0, 0.05) is 19.1 Å². The first-order valence-corrected chi connectivity index (χ1v) is 7.62. The highest BCUT2D eigenvalue weighted by Gasteiger charge is 2.33. The molecule has 0 bridgehead atoms. The molecule has 1 fully saturated rings. The van der Waals surface area contributed by atoms with Crippen molar-refractivity contribution in [1.82, 2.24) is 9.62 Å². The molecule has 0 saturated carbocycles. The van der Waals surface area contributed by atoms with Gasteiger partial charge in [0.2, 0.25) is 10.0 Å². The number of hydrogen-bond acceptors (Lipinski definition) is 3. The molecule has 0 aromatic carbocycles. The third kappa shape index (κ3) is 2.96. The van der Waals surface area contributed by atoms with E-state index in [1.807, 2.05) is 0 Å². The summed E-state index contributed by atoms with van der Waals surface area (Å²) >= 11 is 0. The van der Waals surface area contributed by atoms with E-state index in [-0.39, 0.29) is 5.25 Å². The van der Waals surface area contributed by atoms with E-state index in [0.717, 1.165) is 13.0 Å². The van der Waals surface area contributed by atoms with Gasteiger partial charge in [-0.05, 0) is 32.7 Å². The zero-order valence-corrected chi connectivity index (χ0v) is 11.5. The van der Waals surface area contributed by atoms with Gasteiger partial charge in [-0.25, -0.2) is 12.7 Å². The maximum Gasteiger partial charge on any atom is 0.216 e. The summed E-state index contributed by atoms with van der Waals surface area (Å²) in [6, 6.07) is 0.462. The van der Waals surface area contributed by atoms with E-state index in [0.29, 0.717) is 25.0 Å². The van der Waals surface area contributed by atoms with Crippen LogP contribution in [0.5, 0.6) is 0 Å². The monoisotopic (exact) mass is 248 g/mol. The van der Waals surface area contributed by atoms with Crippen LogP contribution in [0.25, 0.3) is 0 Å². The largest absolute Gasteiger partial charge is 0.314 e. The fourth-order valence-corrected chi connectivity index (χ4v) is 3.60. The smallest absolute Gasteiger partial charge is 0.216 e. The summed E-state index contributed by atoms with van der Waals surface area (Å²) in [4.78, 5) is 0. The second kappa shape index (κ2) is 5.47. The number of nitrogens with one attached hydrogen (secondary N) is 1. The summed E-state index contributed by atoms with van der Waals surface area (Å²) in [6.45, 7) is 9.96. The van der Waals surface area contributed by atoms with Crippen molar-refractivity contribution in [2.75, 3.05) is 19.6 Å². The van der Waals surface area contributed by atoms with Crippen molar-refractivity contribution >= 4 is 10.0 Å². The Labute approximate surface area is 99.5 Å². The van der Waals surface area contributed by atoms with Gasteiger partial charge in [-0.1, -0.05) is 13.8 Å². The average Bonchev–Trinajstić information content (AvgIpc) is 2.21. The lowest BCUT2D eigenvalue weighted by molar-refractivity contribution is 0.221. The van der Waals surface area contributed by atoms with Crippen LogP contribution in [0.15, 0.2) is 0 Å². The van der Waals surface area contributed by atoms with Crippen molar-refractivity contribution < 1.29 is 8.42 Å². The topological polar surface area (TPSA) is 49.4 Å². The van der Waals surface area contributed by atoms with Gasteiger partial charge in [-0.2, -0.15) is 0 Å². The Morgan fingerprint density at radius 2 is 2.06 bits per heavy atom. The van der Waals surface area contributed by atoms with Crippen LogP contribution in [0.3, 0.4) is 0 Å². The molecule has 96 valence electrons. The molecule has 1 heterocycles. The second-order valence-electron chi connectivity index (χ2n) is 4.88. The van der Waals surface area contributed by atoms with Gasteiger partial charge in [0.15, 0.2) is 0 Å². The lowest BCUT2D eigenvalue weighted by atomic mass is 9.95. The Morgan fingerprint density at radius 1 is 1.44 bits per heavy atom. The van der Waals surface area contributed by atoms with Gasteiger partial charge >= 0.3 is 0 Å². The molecule has 4 nitrogen and oxygen atoms in total. The van der Waals surface area contributed by atoms with Gasteiger partial charge in [0.25, 0.3) is 0 Å². The molecule has 1 saturated heterocycles. The van der Waals surface area contributed by atoms with E-state index in [2.05, 4.69) is 19.2 Å². The highest BCUT2D eigenvalue weighted by atomic mass is 32.2. The van der Waals surface area contributed by atoms with Crippen LogP contribution < -0.4 is 5.32 Å². The minimum absolute atomic E-state index is 0.310. The Balaban J connectivity index is 2.65. The molecule has 2 unspecified atom stereocenters. The lowest BCUT2D eigenvalue weighted by Crippen LogP contribution is -2.51. The van der Waals surface area contributed by atoms with Crippen molar-refractivity contribution in [3.63, 3.8) is 0 Å². The van der Waals surface area contributed by atoms with Crippen LogP contribution in [-0.2, 0) is 10.0 Å². The molecular formula is C11H24N2O2S. The number of sulfonamides is 1. The van der Waals surface area contributed by atoms with Crippen LogP contribution in [0.4, 0.5) is 0 Å². The summed E-state index contributed by atoms with van der Waals surface area (Å²) < 4.78 is 25.7. The van der Waals surface area contributed by atoms with E-state index in [9.17, 15) is 8.42 Å². The van der Waals surface area contributed by atoms with Gasteiger partial charge in [-0.15, -0.1) is 0 Å². The van der Waals surface area contributed by atoms with E-state index in [1.165, 1.54) is 0 Å². The van der Waals surface area contributed by atoms with Gasteiger partial charge in [0.1, 0.15) is 0 Å². The van der Waals surface area contributed by atoms with Crippen molar-refractivity contribution in [3.8, 4) is 0 Å². The van der Waals surface area contributed by atoms with Crippen LogP contribution >= 0.6 is 0 Å². The molecule has 0 amide bonds. The fourth-order valence-electron chi connectivity index (χ4n) is 2.20. The Morgan fingerprint density at radius 3 is 2.50 bits per heavy atom. The van der Waals surface area contributed by atoms with Gasteiger partial charge < -0.3 is 5.32 Å². The first-order chi connectivity index (χ1) is 7.39. The standard InChI is InChI=1S/C11H24N2O2S/c1-5-12-11-6-7-13(8-10(11)4)16(14,15)9(2)3/h9-12H,5-8H2,1-4H3. The summed E-state index contributed by atoms with van der Waals surface area (Å²) in [5, 5.41) is 3.10. The minimum Gasteiger partial charge on any atom is -0.314 e. The van der Waals surface area contributed by atoms with Crippen molar-refractivity contribution in [1.29, 1.82) is 0 Å². The van der Waals surface area contributed by atoms with Crippen molar-refractivity contribution in [3.05, 3.63) is 0 Å². The van der Waals surface area contributed by atoms with Gasteiger partial charge in [-0.3, -0.25) is 0 Å². The van der Waals surface area contributed by atoms with Crippen LogP contribution in [0.2, 0.25) is 0 Å². The molecule has 0 radical (unpaired) electrons. The Kier molecular flexibility index (Phi) is 4.76. The molecule has 0 aromatic heterocycles. The maximum atomic E-state index is 12.0. The normalized spacial score (nSPS) is 28.6. The first-order valence-electron chi connectivity index (χ1n) is 6.12. The van der Waals surface area contributed by atoms with Crippen molar-refractivity contribution in [2.24, 2.45) is 5.92 Å². The number of piperidine rings is 1. The quantitative estimate of drug-likeness (QED) is 0.809. The van der Waals surface area contributed by atoms with E-state index in [1.54, 1.807) is 18.2 Å². The van der Waals surface area contributed by atoms with E-state index < -0.39 is 10.0 Å². The zero-order chi connectivity index (χ0) is 12.3. The predicted molar refractivity (Wildman–Crippen MR) is 66.9 cm³/mol. The van der Waals surface area contributed by atoms with Gasteiger partial charge in [0.05, 0.1) is 5.25 Å². The molecule has 1 aliphatic heterocycles. The summed E-state index contributed by atoms with van der Waals surface area (Å²) in [5.41, 5.74) is 0. The number of nitrogens with zero attached hydrogens (tertiary/aromatic N) is 1. The maximum absolute atomic E-state index is 12.0. The molecule has 1 rings (SSSR count). The van der Waals surface area contributed by atoms with Crippen LogP contribution in [-0.4, -0.2) is 43.6 Å². The first kappa shape index (κ1) is 13.9. The lowest BCUT2D eigenvalue weighted by Gasteiger charge is -2.37. The number of rotatable bonds is 4. The molecule has 0 aliphatic carbocycles. The Hall–Kier alpha value is -0.130. The summed E-state index contributed by atoms with van der Waals surface area (Å²) in [6.07, 6.45) is 0.918. The molecule has 0 spiro atoms. The SMILES string of the molecule is CCNC1CCN(S(=O)(=O)C(C)C)CC1C. The molecule has 1 N–H and O–H groups in total. The molecule has 16 heavy (non-hydrogen) atoms. The molecular weight excluding hydrogens is 224 g/mol. The van der Waals surface area contributed by atoms with E-state index in [4.69, 9.17) is 0 Å². The number of hydrogen-bond donors (Lipinski definition) is 1. The molecule has 2 atom stereocenters. The van der Waals surface area contributed by atoms with Crippen LogP contribution in [0, 0.1) is 5.92 Å². The highest BCUT2D eigenvalue weighted by Crippen LogP contribution is 2.21. The molecule has 5 heteroatoms. The molecule has 0 aromatic rings. The average molecular weight is 248 g/mol. The fraction of sp³-hybridized carbons (Fsp3) is 1.00. The third-order valence-corrected chi connectivity index (χ3v) is 5.53. The molecule has 1 aliphatic rings. The summed E-state index contributed by atoms with van der Waals surface area (Å²) in [5.74, 6) is 0.391. The van der Waals surface area contributed by atoms with E-state index >= 15 is 0 Å². The highest BCUT2D eigenvalue weighted by molar-refractivity contribution is 7.89. The zero-order valence-electron chi connectivity index (χ0n) is 10.7. The Bertz CT molecular complexity index is 314. The summed E-state index contributed by atoms with van der Waals surface area (Å²) in [7, 11) is -3.07. The third-order valence-electron chi connectivity index (χ3n) is 3.29. The minimum atomic E-state index is -3.07. The van der Waals surface area contributed by atoms with Crippen LogP contribution in [0.1, 0.15) is 34.1 Å². The predicted octanol–water partition coefficient (Wildman–Crippen LogP) is 1.04. The second-order valence-corrected chi connectivity index (χ2v) is 7.37.